The number of ether oxygens (including phenoxy) is 1. The molecule has 4 nitrogen and oxygen atoms in total. The normalized spacial score (nSPS) is 11.0. The molecule has 0 atom stereocenters. The Hall–Kier alpha value is -2.33. The van der Waals surface area contributed by atoms with E-state index in [1.54, 1.807) is 0 Å². The molecule has 120 valence electrons. The van der Waals surface area contributed by atoms with Crippen LogP contribution < -0.4 is 10.1 Å². The number of aromatic nitrogens is 2. The number of hydrogen-bond acceptors (Lipinski definition) is 3. The van der Waals surface area contributed by atoms with E-state index in [9.17, 15) is 0 Å². The first-order chi connectivity index (χ1) is 11.3. The molecule has 0 fully saturated rings. The molecule has 0 aliphatic rings. The van der Waals surface area contributed by atoms with Crippen molar-refractivity contribution in [2.75, 3.05) is 20.2 Å². The molecule has 3 aromatic rings. The largest absolute Gasteiger partial charge is 0.476 e. The Balaban J connectivity index is 1.88. The van der Waals surface area contributed by atoms with Crippen LogP contribution in [-0.2, 0) is 6.54 Å². The Bertz CT molecular complexity index is 765. The summed E-state index contributed by atoms with van der Waals surface area (Å²) in [7, 11) is 1.95. The molecule has 0 radical (unpaired) electrons. The van der Waals surface area contributed by atoms with Gasteiger partial charge in [0.25, 0.3) is 0 Å². The first-order valence-electron chi connectivity index (χ1n) is 8.06. The van der Waals surface area contributed by atoms with E-state index in [0.29, 0.717) is 6.61 Å². The lowest BCUT2D eigenvalue weighted by molar-refractivity contribution is 0.297. The van der Waals surface area contributed by atoms with E-state index in [2.05, 4.69) is 54.7 Å². The number of nitrogens with one attached hydrogen (secondary N) is 1. The highest BCUT2D eigenvalue weighted by Crippen LogP contribution is 2.26. The van der Waals surface area contributed by atoms with Gasteiger partial charge in [0.2, 0.25) is 5.88 Å². The highest BCUT2D eigenvalue weighted by molar-refractivity contribution is 5.85. The van der Waals surface area contributed by atoms with Crippen molar-refractivity contribution in [1.82, 2.24) is 15.1 Å². The molecule has 0 saturated carbocycles. The molecule has 0 amide bonds. The first-order valence-corrected chi connectivity index (χ1v) is 8.06. The summed E-state index contributed by atoms with van der Waals surface area (Å²) >= 11 is 0. The van der Waals surface area contributed by atoms with Gasteiger partial charge in [-0.2, -0.15) is 0 Å². The van der Waals surface area contributed by atoms with Crippen LogP contribution in [0.2, 0.25) is 0 Å². The smallest absolute Gasteiger partial charge is 0.240 e. The lowest BCUT2D eigenvalue weighted by atomic mass is 10.1. The monoisotopic (exact) mass is 309 g/mol. The number of benzene rings is 2. The third-order valence-corrected chi connectivity index (χ3v) is 3.86. The van der Waals surface area contributed by atoms with E-state index in [1.807, 2.05) is 17.8 Å². The molecule has 0 aliphatic heterocycles. The van der Waals surface area contributed by atoms with Crippen molar-refractivity contribution in [2.45, 2.75) is 19.9 Å². The molecule has 0 saturated heterocycles. The standard InChI is InChI=1S/C19H23N3O/c1-15-9-10-18-17(13-15)19(23-12-6-11-20-2)21-22(18)14-16-7-4-3-5-8-16/h3-5,7-10,13,20H,6,11-12,14H2,1-2H3. The Morgan fingerprint density at radius 3 is 2.74 bits per heavy atom. The minimum Gasteiger partial charge on any atom is -0.476 e. The van der Waals surface area contributed by atoms with Gasteiger partial charge in [0.05, 0.1) is 24.1 Å². The molecule has 0 unspecified atom stereocenters. The predicted octanol–water partition coefficient (Wildman–Crippen LogP) is 3.38. The lowest BCUT2D eigenvalue weighted by Crippen LogP contribution is -2.11. The van der Waals surface area contributed by atoms with Crippen LogP contribution >= 0.6 is 0 Å². The van der Waals surface area contributed by atoms with Crippen molar-refractivity contribution in [3.05, 3.63) is 59.7 Å². The molecule has 1 N–H and O–H groups in total. The number of hydrogen-bond donors (Lipinski definition) is 1. The summed E-state index contributed by atoms with van der Waals surface area (Å²) in [6.07, 6.45) is 0.968. The maximum Gasteiger partial charge on any atom is 0.240 e. The molecule has 0 bridgehead atoms. The summed E-state index contributed by atoms with van der Waals surface area (Å²) in [6, 6.07) is 16.8. The summed E-state index contributed by atoms with van der Waals surface area (Å²) in [5.74, 6) is 0.732. The zero-order valence-electron chi connectivity index (χ0n) is 13.7. The van der Waals surface area contributed by atoms with Crippen LogP contribution in [0.3, 0.4) is 0 Å². The maximum absolute atomic E-state index is 5.92. The van der Waals surface area contributed by atoms with E-state index in [4.69, 9.17) is 9.84 Å². The van der Waals surface area contributed by atoms with Crippen LogP contribution in [0.4, 0.5) is 0 Å². The van der Waals surface area contributed by atoms with Crippen molar-refractivity contribution in [1.29, 1.82) is 0 Å². The van der Waals surface area contributed by atoms with Gasteiger partial charge in [-0.25, -0.2) is 0 Å². The molecular weight excluding hydrogens is 286 g/mol. The van der Waals surface area contributed by atoms with Crippen LogP contribution in [-0.4, -0.2) is 30.0 Å². The zero-order chi connectivity index (χ0) is 16.1. The molecule has 0 aliphatic carbocycles. The minimum atomic E-state index is 0.673. The predicted molar refractivity (Wildman–Crippen MR) is 94.1 cm³/mol. The number of fused-ring (bicyclic) bond motifs is 1. The average Bonchev–Trinajstić information content (AvgIpc) is 2.89. The molecule has 2 aromatic carbocycles. The van der Waals surface area contributed by atoms with Gasteiger partial charge >= 0.3 is 0 Å². The highest BCUT2D eigenvalue weighted by atomic mass is 16.5. The molecule has 3 rings (SSSR count). The fourth-order valence-electron chi connectivity index (χ4n) is 2.66. The lowest BCUT2D eigenvalue weighted by Gasteiger charge is -2.03. The fraction of sp³-hybridized carbons (Fsp3) is 0.316. The molecule has 1 heterocycles. The van der Waals surface area contributed by atoms with Gasteiger partial charge in [0.1, 0.15) is 0 Å². The van der Waals surface area contributed by atoms with E-state index >= 15 is 0 Å². The van der Waals surface area contributed by atoms with Gasteiger partial charge in [-0.05, 0) is 44.6 Å². The van der Waals surface area contributed by atoms with Crippen LogP contribution in [0.1, 0.15) is 17.5 Å². The van der Waals surface area contributed by atoms with E-state index in [1.165, 1.54) is 11.1 Å². The summed E-state index contributed by atoms with van der Waals surface area (Å²) in [5, 5.41) is 8.92. The third-order valence-electron chi connectivity index (χ3n) is 3.86. The van der Waals surface area contributed by atoms with Gasteiger partial charge in [-0.15, -0.1) is 5.10 Å². The van der Waals surface area contributed by atoms with Crippen molar-refractivity contribution < 1.29 is 4.74 Å². The summed E-state index contributed by atoms with van der Waals surface area (Å²) in [6.45, 7) is 4.47. The van der Waals surface area contributed by atoms with Crippen LogP contribution in [0.15, 0.2) is 48.5 Å². The minimum absolute atomic E-state index is 0.673. The summed E-state index contributed by atoms with van der Waals surface area (Å²) in [4.78, 5) is 0. The maximum atomic E-state index is 5.92. The topological polar surface area (TPSA) is 39.1 Å². The second kappa shape index (κ2) is 7.29. The average molecular weight is 309 g/mol. The number of aryl methyl sites for hydroxylation is 1. The van der Waals surface area contributed by atoms with Crippen LogP contribution in [0, 0.1) is 6.92 Å². The van der Waals surface area contributed by atoms with E-state index in [-0.39, 0.29) is 0 Å². The van der Waals surface area contributed by atoms with Crippen molar-refractivity contribution in [3.63, 3.8) is 0 Å². The fourth-order valence-corrected chi connectivity index (χ4v) is 2.66. The SMILES string of the molecule is CNCCCOc1nn(Cc2ccccc2)c2ccc(C)cc12. The van der Waals surface area contributed by atoms with Gasteiger partial charge in [-0.3, -0.25) is 4.68 Å². The molecule has 0 spiro atoms. The Morgan fingerprint density at radius 1 is 1.13 bits per heavy atom. The molecule has 23 heavy (non-hydrogen) atoms. The zero-order valence-corrected chi connectivity index (χ0v) is 13.7. The van der Waals surface area contributed by atoms with E-state index < -0.39 is 0 Å². The van der Waals surface area contributed by atoms with Gasteiger partial charge < -0.3 is 10.1 Å². The van der Waals surface area contributed by atoms with Crippen molar-refractivity contribution in [2.24, 2.45) is 0 Å². The van der Waals surface area contributed by atoms with Gasteiger partial charge in [0, 0.05) is 0 Å². The van der Waals surface area contributed by atoms with Crippen molar-refractivity contribution in [3.8, 4) is 5.88 Å². The first kappa shape index (κ1) is 15.6. The molecule has 1 aromatic heterocycles. The Labute approximate surface area is 137 Å². The Morgan fingerprint density at radius 2 is 1.96 bits per heavy atom. The highest BCUT2D eigenvalue weighted by Gasteiger charge is 2.12. The third kappa shape index (κ3) is 3.71. The van der Waals surface area contributed by atoms with Crippen molar-refractivity contribution >= 4 is 10.9 Å². The van der Waals surface area contributed by atoms with Crippen LogP contribution in [0.5, 0.6) is 5.88 Å². The summed E-state index contributed by atoms with van der Waals surface area (Å²) < 4.78 is 7.95. The second-order valence-electron chi connectivity index (χ2n) is 5.77. The van der Waals surface area contributed by atoms with E-state index in [0.717, 1.165) is 36.3 Å². The van der Waals surface area contributed by atoms with Gasteiger partial charge in [-0.1, -0.05) is 42.0 Å². The van der Waals surface area contributed by atoms with Crippen LogP contribution in [0.25, 0.3) is 10.9 Å². The molecular formula is C19H23N3O. The summed E-state index contributed by atoms with van der Waals surface area (Å²) in [5.41, 5.74) is 3.57. The Kier molecular flexibility index (Phi) is 4.93. The quantitative estimate of drug-likeness (QED) is 0.680. The number of nitrogens with zero attached hydrogens (tertiary/aromatic N) is 2. The second-order valence-corrected chi connectivity index (χ2v) is 5.77. The molecule has 4 heteroatoms. The number of rotatable bonds is 7. The van der Waals surface area contributed by atoms with Gasteiger partial charge in [0.15, 0.2) is 0 Å².